The fourth-order valence-electron chi connectivity index (χ4n) is 1.41. The third-order valence-corrected chi connectivity index (χ3v) is 2.18. The van der Waals surface area contributed by atoms with Gasteiger partial charge in [0.05, 0.1) is 6.54 Å². The zero-order valence-electron chi connectivity index (χ0n) is 7.88. The molecule has 3 N–H and O–H groups in total. The number of anilines is 1. The molecular formula is C9H10N4O2. The van der Waals surface area contributed by atoms with Crippen LogP contribution in [0.5, 0.6) is 0 Å². The van der Waals surface area contributed by atoms with E-state index in [4.69, 9.17) is 5.73 Å². The summed E-state index contributed by atoms with van der Waals surface area (Å²) in [5.74, 6) is -0.0273. The van der Waals surface area contributed by atoms with Crippen LogP contribution in [0.3, 0.4) is 0 Å². The summed E-state index contributed by atoms with van der Waals surface area (Å²) < 4.78 is 0. The molecule has 0 spiro atoms. The molecule has 6 heteroatoms. The zero-order chi connectivity index (χ0) is 10.8. The topological polar surface area (TPSA) is 88.3 Å². The van der Waals surface area contributed by atoms with Gasteiger partial charge in [0.2, 0.25) is 5.91 Å². The maximum Gasteiger partial charge on any atom is 0.323 e. The van der Waals surface area contributed by atoms with E-state index in [9.17, 15) is 9.59 Å². The molecule has 1 aliphatic heterocycles. The number of urea groups is 1. The van der Waals surface area contributed by atoms with Crippen molar-refractivity contribution in [3.05, 3.63) is 24.4 Å². The highest BCUT2D eigenvalue weighted by Gasteiger charge is 2.33. The van der Waals surface area contributed by atoms with Crippen molar-refractivity contribution >= 4 is 17.8 Å². The fraction of sp³-hybridized carbons (Fsp3) is 0.222. The first-order valence-electron chi connectivity index (χ1n) is 4.47. The Morgan fingerprint density at radius 2 is 2.40 bits per heavy atom. The summed E-state index contributed by atoms with van der Waals surface area (Å²) in [4.78, 5) is 27.7. The molecule has 6 nitrogen and oxygen atoms in total. The SMILES string of the molecule is NC(=O)C1CN(c2ccccn2)C(=O)N1. The Balaban J connectivity index is 2.19. The van der Waals surface area contributed by atoms with Crippen LogP contribution < -0.4 is 16.0 Å². The van der Waals surface area contributed by atoms with Crippen LogP contribution in [0.4, 0.5) is 10.6 Å². The fourth-order valence-corrected chi connectivity index (χ4v) is 1.41. The van der Waals surface area contributed by atoms with Gasteiger partial charge < -0.3 is 11.1 Å². The summed E-state index contributed by atoms with van der Waals surface area (Å²) in [6, 6.07) is 4.23. The van der Waals surface area contributed by atoms with Crippen molar-refractivity contribution < 1.29 is 9.59 Å². The first-order valence-corrected chi connectivity index (χ1v) is 4.47. The summed E-state index contributed by atoms with van der Waals surface area (Å²) in [6.45, 7) is 0.227. The molecule has 0 bridgehead atoms. The highest BCUT2D eigenvalue weighted by molar-refractivity contribution is 5.99. The Hall–Kier alpha value is -2.11. The van der Waals surface area contributed by atoms with Crippen molar-refractivity contribution in [2.45, 2.75) is 6.04 Å². The minimum atomic E-state index is -0.639. The van der Waals surface area contributed by atoms with Crippen molar-refractivity contribution in [2.75, 3.05) is 11.4 Å². The predicted molar refractivity (Wildman–Crippen MR) is 53.1 cm³/mol. The summed E-state index contributed by atoms with van der Waals surface area (Å²) in [5, 5.41) is 2.47. The third kappa shape index (κ3) is 1.74. The van der Waals surface area contributed by atoms with Crippen LogP contribution >= 0.6 is 0 Å². The molecule has 1 aliphatic rings. The van der Waals surface area contributed by atoms with Crippen molar-refractivity contribution in [3.8, 4) is 0 Å². The number of carbonyl (C=O) groups excluding carboxylic acids is 2. The van der Waals surface area contributed by atoms with Crippen LogP contribution in [0.15, 0.2) is 24.4 Å². The van der Waals surface area contributed by atoms with E-state index in [1.165, 1.54) is 4.90 Å². The van der Waals surface area contributed by atoms with Gasteiger partial charge in [-0.05, 0) is 12.1 Å². The lowest BCUT2D eigenvalue weighted by atomic mass is 10.3. The van der Waals surface area contributed by atoms with Gasteiger partial charge in [0.1, 0.15) is 11.9 Å². The van der Waals surface area contributed by atoms with Crippen molar-refractivity contribution in [1.82, 2.24) is 10.3 Å². The lowest BCUT2D eigenvalue weighted by Gasteiger charge is -2.12. The number of hydrogen-bond donors (Lipinski definition) is 2. The number of pyridine rings is 1. The van der Waals surface area contributed by atoms with E-state index in [1.54, 1.807) is 24.4 Å². The summed E-state index contributed by atoms with van der Waals surface area (Å²) in [5.41, 5.74) is 5.10. The van der Waals surface area contributed by atoms with Crippen LogP contribution in [0.1, 0.15) is 0 Å². The van der Waals surface area contributed by atoms with Gasteiger partial charge in [0, 0.05) is 6.20 Å². The van der Waals surface area contributed by atoms with E-state index in [1.807, 2.05) is 0 Å². The molecule has 1 saturated heterocycles. The standard InChI is InChI=1S/C9H10N4O2/c10-8(14)6-5-13(9(15)12-6)7-3-1-2-4-11-7/h1-4,6H,5H2,(H2,10,14)(H,12,15). The smallest absolute Gasteiger partial charge is 0.323 e. The molecule has 2 heterocycles. The number of hydrogen-bond acceptors (Lipinski definition) is 3. The van der Waals surface area contributed by atoms with Gasteiger partial charge >= 0.3 is 6.03 Å². The van der Waals surface area contributed by atoms with Crippen molar-refractivity contribution in [2.24, 2.45) is 5.73 Å². The van der Waals surface area contributed by atoms with E-state index >= 15 is 0 Å². The second-order valence-corrected chi connectivity index (χ2v) is 3.20. The molecule has 0 saturated carbocycles. The Bertz CT molecular complexity index is 392. The molecule has 1 aromatic rings. The average Bonchev–Trinajstić information content (AvgIpc) is 2.62. The predicted octanol–water partition coefficient (Wildman–Crippen LogP) is -0.535. The molecular weight excluding hydrogens is 196 g/mol. The molecule has 0 radical (unpaired) electrons. The lowest BCUT2D eigenvalue weighted by Crippen LogP contribution is -2.39. The highest BCUT2D eigenvalue weighted by atomic mass is 16.2. The Morgan fingerprint density at radius 3 is 2.93 bits per heavy atom. The van der Waals surface area contributed by atoms with Crippen LogP contribution in [-0.2, 0) is 4.79 Å². The van der Waals surface area contributed by atoms with Crippen molar-refractivity contribution in [1.29, 1.82) is 0 Å². The molecule has 1 unspecified atom stereocenters. The van der Waals surface area contributed by atoms with Crippen LogP contribution in [-0.4, -0.2) is 29.5 Å². The largest absolute Gasteiger partial charge is 0.368 e. The second-order valence-electron chi connectivity index (χ2n) is 3.20. The first kappa shape index (κ1) is 9.45. The molecule has 1 fully saturated rings. The quantitative estimate of drug-likeness (QED) is 0.681. The van der Waals surface area contributed by atoms with E-state index in [0.29, 0.717) is 5.82 Å². The maximum atomic E-state index is 11.5. The number of primary amides is 1. The Kier molecular flexibility index (Phi) is 2.24. The molecule has 78 valence electrons. The number of nitrogens with zero attached hydrogens (tertiary/aromatic N) is 2. The minimum absolute atomic E-state index is 0.227. The van der Waals surface area contributed by atoms with E-state index in [-0.39, 0.29) is 12.6 Å². The third-order valence-electron chi connectivity index (χ3n) is 2.18. The van der Waals surface area contributed by atoms with Gasteiger partial charge in [-0.2, -0.15) is 0 Å². The average molecular weight is 206 g/mol. The van der Waals surface area contributed by atoms with E-state index in [2.05, 4.69) is 10.3 Å². The molecule has 0 aliphatic carbocycles. The molecule has 15 heavy (non-hydrogen) atoms. The number of nitrogens with two attached hydrogens (primary N) is 1. The maximum absolute atomic E-state index is 11.5. The number of amides is 3. The Morgan fingerprint density at radius 1 is 1.60 bits per heavy atom. The van der Waals surface area contributed by atoms with Crippen LogP contribution in [0, 0.1) is 0 Å². The molecule has 0 aromatic carbocycles. The number of carbonyl (C=O) groups is 2. The molecule has 1 aromatic heterocycles. The number of nitrogens with one attached hydrogen (secondary N) is 1. The van der Waals surface area contributed by atoms with Gasteiger partial charge in [0.25, 0.3) is 0 Å². The zero-order valence-corrected chi connectivity index (χ0v) is 7.88. The van der Waals surface area contributed by atoms with E-state index in [0.717, 1.165) is 0 Å². The molecule has 1 atom stereocenters. The summed E-state index contributed by atoms with van der Waals surface area (Å²) >= 11 is 0. The van der Waals surface area contributed by atoms with Crippen molar-refractivity contribution in [3.63, 3.8) is 0 Å². The Labute approximate surface area is 86.1 Å². The van der Waals surface area contributed by atoms with Gasteiger partial charge in [-0.15, -0.1) is 0 Å². The number of aromatic nitrogens is 1. The molecule has 2 rings (SSSR count). The molecule has 3 amide bonds. The highest BCUT2D eigenvalue weighted by Crippen LogP contribution is 2.14. The normalized spacial score (nSPS) is 20.1. The van der Waals surface area contributed by atoms with Crippen LogP contribution in [0.25, 0.3) is 0 Å². The first-order chi connectivity index (χ1) is 7.18. The summed E-state index contributed by atoms with van der Waals surface area (Å²) in [7, 11) is 0. The second kappa shape index (κ2) is 3.56. The van der Waals surface area contributed by atoms with Gasteiger partial charge in [-0.3, -0.25) is 9.69 Å². The van der Waals surface area contributed by atoms with Crippen LogP contribution in [0.2, 0.25) is 0 Å². The van der Waals surface area contributed by atoms with E-state index < -0.39 is 11.9 Å². The van der Waals surface area contributed by atoms with Gasteiger partial charge in [-0.1, -0.05) is 6.07 Å². The summed E-state index contributed by atoms with van der Waals surface area (Å²) in [6.07, 6.45) is 1.58. The monoisotopic (exact) mass is 206 g/mol. The van der Waals surface area contributed by atoms with Gasteiger partial charge in [0.15, 0.2) is 0 Å². The van der Waals surface area contributed by atoms with Gasteiger partial charge in [-0.25, -0.2) is 9.78 Å². The minimum Gasteiger partial charge on any atom is -0.368 e. The number of rotatable bonds is 2. The lowest BCUT2D eigenvalue weighted by molar-refractivity contribution is -0.119.